The first-order valence-electron chi connectivity index (χ1n) is 3.93. The normalized spacial score (nSPS) is 15.7. The van der Waals surface area contributed by atoms with E-state index in [0.29, 0.717) is 0 Å². The van der Waals surface area contributed by atoms with Crippen molar-refractivity contribution in [2.45, 2.75) is 45.3 Å². The Kier molecular flexibility index (Phi) is 4.77. The third kappa shape index (κ3) is 5.27. The molecule has 0 amide bonds. The van der Waals surface area contributed by atoms with E-state index in [1.54, 1.807) is 6.21 Å². The van der Waals surface area contributed by atoms with Crippen molar-refractivity contribution in [1.29, 1.82) is 0 Å². The molecule has 66 valence electrons. The van der Waals surface area contributed by atoms with Gasteiger partial charge in [0.2, 0.25) is 0 Å². The van der Waals surface area contributed by atoms with Crippen molar-refractivity contribution in [2.24, 2.45) is 4.40 Å². The molecular formula is C8H17NOS. The minimum absolute atomic E-state index is 0.218. The Hall–Kier alpha value is -0.0200. The van der Waals surface area contributed by atoms with Gasteiger partial charge in [-0.25, -0.2) is 0 Å². The van der Waals surface area contributed by atoms with Crippen LogP contribution in [0.2, 0.25) is 0 Å². The van der Waals surface area contributed by atoms with E-state index in [-0.39, 0.29) is 4.75 Å². The molecule has 0 aromatic heterocycles. The van der Waals surface area contributed by atoms with Gasteiger partial charge >= 0.3 is 0 Å². The summed E-state index contributed by atoms with van der Waals surface area (Å²) in [6.07, 6.45) is 3.73. The van der Waals surface area contributed by atoms with Crippen LogP contribution in [0.3, 0.4) is 0 Å². The molecule has 0 saturated carbocycles. The maximum Gasteiger partial charge on any atom is 0.144 e. The van der Waals surface area contributed by atoms with Crippen LogP contribution in [0.15, 0.2) is 4.40 Å². The van der Waals surface area contributed by atoms with Gasteiger partial charge in [-0.1, -0.05) is 17.7 Å². The first-order valence-corrected chi connectivity index (χ1v) is 5.03. The van der Waals surface area contributed by atoms with Gasteiger partial charge in [0, 0.05) is 0 Å². The van der Waals surface area contributed by atoms with E-state index in [1.807, 2.05) is 20.8 Å². The number of hydrogen-bond acceptors (Lipinski definition) is 2. The van der Waals surface area contributed by atoms with Crippen molar-refractivity contribution in [3.05, 3.63) is 0 Å². The Balaban J connectivity index is 3.77. The van der Waals surface area contributed by atoms with Gasteiger partial charge in [-0.15, -0.1) is 0 Å². The van der Waals surface area contributed by atoms with Gasteiger partial charge in [0.05, 0.1) is 6.21 Å². The van der Waals surface area contributed by atoms with Crippen molar-refractivity contribution in [2.75, 3.05) is 0 Å². The molecule has 1 atom stereocenters. The summed E-state index contributed by atoms with van der Waals surface area (Å²) in [6.45, 7) is 7.84. The standard InChI is InChI=1S/C8H17NOS/c1-5-6-7-9-11(10)8(2,3)4/h7H,5-6H2,1-4H3/t11-/m0/s1. The van der Waals surface area contributed by atoms with Gasteiger partial charge in [-0.3, -0.25) is 0 Å². The highest BCUT2D eigenvalue weighted by Gasteiger charge is 2.25. The summed E-state index contributed by atoms with van der Waals surface area (Å²) < 4.78 is 15.0. The summed E-state index contributed by atoms with van der Waals surface area (Å²) >= 11 is -1.07. The molecule has 0 N–H and O–H groups in total. The van der Waals surface area contributed by atoms with E-state index in [4.69, 9.17) is 0 Å². The van der Waals surface area contributed by atoms with Crippen LogP contribution in [0.1, 0.15) is 40.5 Å². The molecule has 11 heavy (non-hydrogen) atoms. The quantitative estimate of drug-likeness (QED) is 0.479. The van der Waals surface area contributed by atoms with Crippen molar-refractivity contribution in [3.63, 3.8) is 0 Å². The van der Waals surface area contributed by atoms with Crippen LogP contribution in [0.25, 0.3) is 0 Å². The lowest BCUT2D eigenvalue weighted by Gasteiger charge is -2.17. The topological polar surface area (TPSA) is 35.4 Å². The number of unbranched alkanes of at least 4 members (excludes halogenated alkanes) is 1. The van der Waals surface area contributed by atoms with Gasteiger partial charge in [0.15, 0.2) is 0 Å². The van der Waals surface area contributed by atoms with Crippen LogP contribution in [-0.2, 0) is 11.4 Å². The van der Waals surface area contributed by atoms with Crippen molar-refractivity contribution in [1.82, 2.24) is 0 Å². The van der Waals surface area contributed by atoms with E-state index in [2.05, 4.69) is 11.3 Å². The lowest BCUT2D eigenvalue weighted by Crippen LogP contribution is -2.25. The van der Waals surface area contributed by atoms with Crippen LogP contribution in [0.4, 0.5) is 0 Å². The molecule has 0 aliphatic carbocycles. The Morgan fingerprint density at radius 1 is 1.45 bits per heavy atom. The highest BCUT2D eigenvalue weighted by atomic mass is 32.2. The largest absolute Gasteiger partial charge is 0.591 e. The van der Waals surface area contributed by atoms with Crippen LogP contribution in [0.5, 0.6) is 0 Å². The van der Waals surface area contributed by atoms with Gasteiger partial charge in [0.25, 0.3) is 0 Å². The minimum Gasteiger partial charge on any atom is -0.591 e. The van der Waals surface area contributed by atoms with Crippen LogP contribution >= 0.6 is 0 Å². The summed E-state index contributed by atoms with van der Waals surface area (Å²) in [5.41, 5.74) is 0. The highest BCUT2D eigenvalue weighted by Crippen LogP contribution is 2.16. The summed E-state index contributed by atoms with van der Waals surface area (Å²) in [7, 11) is 0. The second-order valence-corrected chi connectivity index (χ2v) is 5.37. The fourth-order valence-electron chi connectivity index (χ4n) is 0.408. The molecule has 2 nitrogen and oxygen atoms in total. The van der Waals surface area contributed by atoms with Gasteiger partial charge in [-0.2, -0.15) is 0 Å². The first kappa shape index (κ1) is 11.0. The number of nitrogens with zero attached hydrogens (tertiary/aromatic N) is 1. The zero-order valence-electron chi connectivity index (χ0n) is 7.76. The summed E-state index contributed by atoms with van der Waals surface area (Å²) in [5, 5.41) is 0. The molecule has 0 heterocycles. The molecule has 0 fully saturated rings. The molecule has 0 spiro atoms. The Morgan fingerprint density at radius 2 is 2.00 bits per heavy atom. The second-order valence-electron chi connectivity index (χ2n) is 3.44. The zero-order valence-corrected chi connectivity index (χ0v) is 8.57. The fourth-order valence-corrected chi connectivity index (χ4v) is 0.965. The Labute approximate surface area is 72.4 Å². The smallest absolute Gasteiger partial charge is 0.144 e. The second kappa shape index (κ2) is 4.78. The van der Waals surface area contributed by atoms with Gasteiger partial charge < -0.3 is 4.55 Å². The maximum atomic E-state index is 11.3. The third-order valence-electron chi connectivity index (χ3n) is 1.11. The van der Waals surface area contributed by atoms with Gasteiger partial charge in [0.1, 0.15) is 16.1 Å². The molecular weight excluding hydrogens is 158 g/mol. The molecule has 0 saturated heterocycles. The van der Waals surface area contributed by atoms with Crippen LogP contribution in [-0.4, -0.2) is 15.5 Å². The summed E-state index contributed by atoms with van der Waals surface area (Å²) in [5.74, 6) is 0. The molecule has 0 unspecified atom stereocenters. The molecule has 0 aromatic rings. The lowest BCUT2D eigenvalue weighted by atomic mass is 10.3. The van der Waals surface area contributed by atoms with E-state index >= 15 is 0 Å². The number of hydrogen-bond donors (Lipinski definition) is 0. The molecule has 0 aromatic carbocycles. The predicted molar refractivity (Wildman–Crippen MR) is 51.3 cm³/mol. The minimum atomic E-state index is -1.07. The summed E-state index contributed by atoms with van der Waals surface area (Å²) in [4.78, 5) is 0. The molecule has 3 heteroatoms. The average Bonchev–Trinajstić information content (AvgIpc) is 1.86. The van der Waals surface area contributed by atoms with Crippen molar-refractivity contribution in [3.8, 4) is 0 Å². The third-order valence-corrected chi connectivity index (χ3v) is 2.50. The van der Waals surface area contributed by atoms with E-state index in [1.165, 1.54) is 0 Å². The first-order chi connectivity index (χ1) is 4.98. The summed E-state index contributed by atoms with van der Waals surface area (Å²) in [6, 6.07) is 0. The molecule has 0 aliphatic rings. The molecule has 0 rings (SSSR count). The number of rotatable bonds is 3. The predicted octanol–water partition coefficient (Wildman–Crippen LogP) is 2.32. The lowest BCUT2D eigenvalue weighted by molar-refractivity contribution is 0.561. The van der Waals surface area contributed by atoms with E-state index < -0.39 is 11.4 Å². The highest BCUT2D eigenvalue weighted by molar-refractivity contribution is 7.91. The van der Waals surface area contributed by atoms with Crippen LogP contribution in [0, 0.1) is 0 Å². The van der Waals surface area contributed by atoms with E-state index in [0.717, 1.165) is 12.8 Å². The van der Waals surface area contributed by atoms with E-state index in [9.17, 15) is 4.55 Å². The molecule has 0 radical (unpaired) electrons. The van der Waals surface area contributed by atoms with Crippen LogP contribution < -0.4 is 0 Å². The van der Waals surface area contributed by atoms with Crippen molar-refractivity contribution >= 4 is 17.6 Å². The Morgan fingerprint density at radius 3 is 2.36 bits per heavy atom. The van der Waals surface area contributed by atoms with Crippen molar-refractivity contribution < 1.29 is 4.55 Å². The zero-order chi connectivity index (χ0) is 8.91. The van der Waals surface area contributed by atoms with Gasteiger partial charge in [-0.05, 0) is 27.2 Å². The fraction of sp³-hybridized carbons (Fsp3) is 0.875. The Bertz CT molecular complexity index is 129. The SMILES string of the molecule is CCCC=N[S@@+]([O-])C(C)(C)C. The monoisotopic (exact) mass is 175 g/mol. The maximum absolute atomic E-state index is 11.3. The molecule has 0 bridgehead atoms. The average molecular weight is 175 g/mol. The molecule has 0 aliphatic heterocycles.